The molecule has 0 bridgehead atoms. The number of methoxy groups -OCH3 is 1. The third-order valence-electron chi connectivity index (χ3n) is 9.39. The quantitative estimate of drug-likeness (QED) is 0.506. The molecule has 2 saturated carbocycles. The summed E-state index contributed by atoms with van der Waals surface area (Å²) in [5.74, 6) is -1.95. The van der Waals surface area contributed by atoms with E-state index in [0.717, 1.165) is 0 Å². The van der Waals surface area contributed by atoms with E-state index >= 15 is 0 Å². The van der Waals surface area contributed by atoms with Gasteiger partial charge in [-0.2, -0.15) is 0 Å². The molecule has 4 aliphatic rings. The molecule has 1 aromatic heterocycles. The number of fused-ring (bicyclic) bond motifs is 1. The van der Waals surface area contributed by atoms with Crippen LogP contribution in [0.15, 0.2) is 23.0 Å². The van der Waals surface area contributed by atoms with Crippen LogP contribution < -0.4 is 0 Å². The van der Waals surface area contributed by atoms with Crippen molar-refractivity contribution in [3.05, 3.63) is 24.2 Å². The number of carbonyl (C=O) groups excluding carboxylic acids is 3. The van der Waals surface area contributed by atoms with Crippen LogP contribution in [0.2, 0.25) is 0 Å². The van der Waals surface area contributed by atoms with E-state index in [9.17, 15) is 24.6 Å². The molecular weight excluding hydrogens is 432 g/mol. The fraction of sp³-hybridized carbons (Fsp3) is 0.708. The van der Waals surface area contributed by atoms with Crippen molar-refractivity contribution in [1.82, 2.24) is 0 Å². The summed E-state index contributed by atoms with van der Waals surface area (Å²) in [6, 6.07) is 1.74. The highest BCUT2D eigenvalue weighted by atomic mass is 16.7. The second-order valence-corrected chi connectivity index (χ2v) is 10.7. The van der Waals surface area contributed by atoms with Crippen LogP contribution in [-0.2, 0) is 28.6 Å². The second-order valence-electron chi connectivity index (χ2n) is 10.7. The molecule has 2 N–H and O–H groups in total. The van der Waals surface area contributed by atoms with E-state index in [1.54, 1.807) is 19.9 Å². The molecule has 0 amide bonds. The maximum absolute atomic E-state index is 13.2. The molecule has 33 heavy (non-hydrogen) atoms. The number of aliphatic hydroxyl groups is 2. The fourth-order valence-corrected chi connectivity index (χ4v) is 7.67. The lowest BCUT2D eigenvalue weighted by molar-refractivity contribution is -0.239. The standard InChI is InChI=1S/C24H30O9/c1-21(15(26)9-16(27)30-4)10-13(25)17(28)23(3)14(21)5-7-22(2)18(12-6-8-31-11-12)32-20(29)19-24(22,23)33-19/h6,8,11,14-15,17-19,26,28H,5,7,9-10H2,1-4H3/t14-,15?,17?,18+,19-,21+,22+,23+,24-/m1/s1. The predicted molar refractivity (Wildman–Crippen MR) is 110 cm³/mol. The van der Waals surface area contributed by atoms with Crippen molar-refractivity contribution in [3.8, 4) is 0 Å². The summed E-state index contributed by atoms with van der Waals surface area (Å²) < 4.78 is 22.0. The van der Waals surface area contributed by atoms with Crippen molar-refractivity contribution in [2.45, 2.75) is 76.5 Å². The van der Waals surface area contributed by atoms with E-state index in [1.165, 1.54) is 19.6 Å². The number of cyclic esters (lactones) is 1. The van der Waals surface area contributed by atoms with E-state index in [2.05, 4.69) is 0 Å². The molecular formula is C24H30O9. The molecule has 0 aromatic carbocycles. The lowest BCUT2D eigenvalue weighted by Crippen LogP contribution is -2.72. The smallest absolute Gasteiger partial charge is 0.339 e. The zero-order valence-electron chi connectivity index (χ0n) is 19.2. The van der Waals surface area contributed by atoms with Crippen LogP contribution in [0.5, 0.6) is 0 Å². The van der Waals surface area contributed by atoms with Crippen molar-refractivity contribution in [1.29, 1.82) is 0 Å². The molecule has 0 radical (unpaired) electrons. The van der Waals surface area contributed by atoms with Gasteiger partial charge < -0.3 is 28.8 Å². The molecule has 1 aromatic rings. The van der Waals surface area contributed by atoms with Gasteiger partial charge in [0.1, 0.15) is 17.8 Å². The molecule has 180 valence electrons. The SMILES string of the molecule is COC(=O)CC(O)[C@@]1(C)CC(=O)C(O)[C@]2(C)[C@@H]1CC[C@@]1(C)[C@H](c3ccoc3)OC(=O)[C@H]3O[C@]312. The number of epoxide rings is 1. The molecule has 9 atom stereocenters. The first-order chi connectivity index (χ1) is 15.5. The minimum Gasteiger partial charge on any atom is -0.472 e. The van der Waals surface area contributed by atoms with Gasteiger partial charge in [0.15, 0.2) is 11.9 Å². The summed E-state index contributed by atoms with van der Waals surface area (Å²) >= 11 is 0. The Balaban J connectivity index is 1.63. The van der Waals surface area contributed by atoms with Crippen LogP contribution in [-0.4, -0.2) is 59.0 Å². The van der Waals surface area contributed by atoms with Gasteiger partial charge in [-0.3, -0.25) is 9.59 Å². The van der Waals surface area contributed by atoms with E-state index in [4.69, 9.17) is 18.6 Å². The minimum absolute atomic E-state index is 0.0837. The van der Waals surface area contributed by atoms with E-state index in [0.29, 0.717) is 18.4 Å². The topological polar surface area (TPSA) is 136 Å². The lowest BCUT2D eigenvalue weighted by atomic mass is 9.39. The molecule has 9 nitrogen and oxygen atoms in total. The second kappa shape index (κ2) is 6.90. The number of Topliss-reactive ketones (excluding diaryl/α,β-unsaturated/α-hetero) is 1. The minimum atomic E-state index is -1.39. The Labute approximate surface area is 191 Å². The van der Waals surface area contributed by atoms with Crippen molar-refractivity contribution >= 4 is 17.7 Å². The van der Waals surface area contributed by atoms with Gasteiger partial charge in [-0.25, -0.2) is 4.79 Å². The summed E-state index contributed by atoms with van der Waals surface area (Å²) in [5, 5.41) is 22.5. The molecule has 2 aliphatic carbocycles. The van der Waals surface area contributed by atoms with E-state index < -0.39 is 69.9 Å². The van der Waals surface area contributed by atoms with Crippen LogP contribution in [0, 0.1) is 22.2 Å². The predicted octanol–water partition coefficient (Wildman–Crippen LogP) is 1.70. The molecule has 2 saturated heterocycles. The largest absolute Gasteiger partial charge is 0.472 e. The van der Waals surface area contributed by atoms with Crippen molar-refractivity contribution in [2.24, 2.45) is 22.2 Å². The Morgan fingerprint density at radius 1 is 1.27 bits per heavy atom. The summed E-state index contributed by atoms with van der Waals surface area (Å²) in [4.78, 5) is 38.1. The summed E-state index contributed by atoms with van der Waals surface area (Å²) in [6.07, 6.45) is -0.352. The maximum Gasteiger partial charge on any atom is 0.339 e. The number of ketones is 1. The van der Waals surface area contributed by atoms with Crippen LogP contribution in [0.4, 0.5) is 0 Å². The van der Waals surface area contributed by atoms with E-state index in [-0.39, 0.29) is 12.8 Å². The fourth-order valence-electron chi connectivity index (χ4n) is 7.67. The summed E-state index contributed by atoms with van der Waals surface area (Å²) in [5.41, 5.74) is -3.42. The molecule has 4 fully saturated rings. The summed E-state index contributed by atoms with van der Waals surface area (Å²) in [7, 11) is 1.24. The van der Waals surface area contributed by atoms with Gasteiger partial charge in [0, 0.05) is 28.2 Å². The van der Waals surface area contributed by atoms with Gasteiger partial charge in [0.05, 0.1) is 32.2 Å². The highest BCUT2D eigenvalue weighted by Crippen LogP contribution is 2.77. The number of rotatable bonds is 4. The first kappa shape index (κ1) is 22.6. The molecule has 5 rings (SSSR count). The highest BCUT2D eigenvalue weighted by molar-refractivity contribution is 5.88. The Hall–Kier alpha value is -2.23. The van der Waals surface area contributed by atoms with Gasteiger partial charge >= 0.3 is 11.9 Å². The van der Waals surface area contributed by atoms with Crippen LogP contribution in [0.25, 0.3) is 0 Å². The number of aliphatic hydroxyl groups excluding tert-OH is 2. The highest BCUT2D eigenvalue weighted by Gasteiger charge is 2.88. The zero-order chi connectivity index (χ0) is 24.0. The third kappa shape index (κ3) is 2.56. The van der Waals surface area contributed by atoms with E-state index in [1.807, 2.05) is 6.92 Å². The first-order valence-electron chi connectivity index (χ1n) is 11.3. The van der Waals surface area contributed by atoms with Crippen molar-refractivity contribution < 1.29 is 43.2 Å². The summed E-state index contributed by atoms with van der Waals surface area (Å²) in [6.45, 7) is 5.52. The number of carbonyl (C=O) groups is 3. The number of esters is 2. The molecule has 3 heterocycles. The monoisotopic (exact) mass is 462 g/mol. The van der Waals surface area contributed by atoms with Crippen LogP contribution in [0.1, 0.15) is 58.1 Å². The van der Waals surface area contributed by atoms with Gasteiger partial charge in [-0.15, -0.1) is 0 Å². The van der Waals surface area contributed by atoms with Gasteiger partial charge in [-0.1, -0.05) is 20.8 Å². The first-order valence-corrected chi connectivity index (χ1v) is 11.3. The maximum atomic E-state index is 13.2. The van der Waals surface area contributed by atoms with Crippen molar-refractivity contribution in [2.75, 3.05) is 7.11 Å². The molecule has 2 aliphatic heterocycles. The van der Waals surface area contributed by atoms with Crippen molar-refractivity contribution in [3.63, 3.8) is 0 Å². The zero-order valence-corrected chi connectivity index (χ0v) is 19.2. The molecule has 9 heteroatoms. The number of ether oxygens (including phenoxy) is 3. The van der Waals surface area contributed by atoms with Crippen LogP contribution >= 0.6 is 0 Å². The number of hydrogen-bond acceptors (Lipinski definition) is 9. The Bertz CT molecular complexity index is 1000. The van der Waals surface area contributed by atoms with Gasteiger partial charge in [0.2, 0.25) is 0 Å². The molecule has 1 spiro atoms. The molecule has 2 unspecified atom stereocenters. The number of hydrogen-bond donors (Lipinski definition) is 2. The average Bonchev–Trinajstić information content (AvgIpc) is 3.34. The number of furan rings is 1. The van der Waals surface area contributed by atoms with Gasteiger partial charge in [0.25, 0.3) is 0 Å². The van der Waals surface area contributed by atoms with Gasteiger partial charge in [-0.05, 0) is 24.8 Å². The Morgan fingerprint density at radius 2 is 2.00 bits per heavy atom. The Kier molecular flexibility index (Phi) is 4.71. The van der Waals surface area contributed by atoms with Crippen LogP contribution in [0.3, 0.4) is 0 Å². The average molecular weight is 462 g/mol. The lowest BCUT2D eigenvalue weighted by Gasteiger charge is -2.65. The normalized spacial score (nSPS) is 47.0. The third-order valence-corrected chi connectivity index (χ3v) is 9.39. The Morgan fingerprint density at radius 3 is 2.64 bits per heavy atom.